The van der Waals surface area contributed by atoms with Crippen molar-refractivity contribution in [1.29, 1.82) is 0 Å². The van der Waals surface area contributed by atoms with Crippen molar-refractivity contribution >= 4 is 5.78 Å². The van der Waals surface area contributed by atoms with E-state index in [0.717, 1.165) is 0 Å². The Balaban J connectivity index is 2.41. The molecule has 0 spiro atoms. The van der Waals surface area contributed by atoms with E-state index < -0.39 is 0 Å². The minimum Gasteiger partial charge on any atom is -0.377 e. The molecule has 2 nitrogen and oxygen atoms in total. The summed E-state index contributed by atoms with van der Waals surface area (Å²) in [6.45, 7) is 6.54. The molecule has 1 rings (SSSR count). The van der Waals surface area contributed by atoms with E-state index in [4.69, 9.17) is 4.74 Å². The Morgan fingerprint density at radius 2 is 1.90 bits per heavy atom. The molecule has 0 aliphatic heterocycles. The summed E-state index contributed by atoms with van der Waals surface area (Å²) in [6.07, 6.45) is 0.192. The van der Waals surface area contributed by atoms with Crippen LogP contribution in [-0.4, -0.2) is 18.5 Å². The van der Waals surface area contributed by atoms with E-state index in [1.165, 1.54) is 0 Å². The minimum absolute atomic E-state index is 0.134. The van der Waals surface area contributed by atoms with Crippen molar-refractivity contribution in [2.45, 2.75) is 26.9 Å². The molecular weight excluding hydrogens is 128 g/mol. The maximum absolute atomic E-state index is 11.0. The predicted octanol–water partition coefficient (Wildman–Crippen LogP) is 1.25. The number of hydrogen-bond donors (Lipinski definition) is 0. The molecule has 0 aromatic rings. The van der Waals surface area contributed by atoms with Gasteiger partial charge in [-0.2, -0.15) is 0 Å². The van der Waals surface area contributed by atoms with Crippen LogP contribution in [0.1, 0.15) is 20.8 Å². The molecule has 0 aromatic carbocycles. The third-order valence-electron chi connectivity index (χ3n) is 2.24. The molecule has 1 saturated carbocycles. The Bertz CT molecular complexity index is 130. The van der Waals surface area contributed by atoms with Crippen LogP contribution in [0.3, 0.4) is 0 Å². The van der Waals surface area contributed by atoms with Crippen LogP contribution >= 0.6 is 0 Å². The molecule has 1 fully saturated rings. The van der Waals surface area contributed by atoms with Crippen molar-refractivity contribution in [3.63, 3.8) is 0 Å². The predicted molar refractivity (Wildman–Crippen MR) is 38.7 cm³/mol. The van der Waals surface area contributed by atoms with Crippen LogP contribution in [-0.2, 0) is 9.53 Å². The lowest BCUT2D eigenvalue weighted by Crippen LogP contribution is -2.50. The van der Waals surface area contributed by atoms with Crippen LogP contribution in [0.2, 0.25) is 0 Å². The Morgan fingerprint density at radius 1 is 1.40 bits per heavy atom. The highest BCUT2D eigenvalue weighted by Gasteiger charge is 2.44. The maximum Gasteiger partial charge on any atom is 0.143 e. The van der Waals surface area contributed by atoms with Gasteiger partial charge in [0.2, 0.25) is 0 Å². The fourth-order valence-electron chi connectivity index (χ4n) is 1.53. The fourth-order valence-corrected chi connectivity index (χ4v) is 1.53. The zero-order valence-electron chi connectivity index (χ0n) is 6.76. The third-order valence-corrected chi connectivity index (χ3v) is 2.24. The SMILES string of the molecule is CCOC1C(C)C(=O)C1C. The second-order valence-corrected chi connectivity index (χ2v) is 2.90. The van der Waals surface area contributed by atoms with Crippen LogP contribution in [0.4, 0.5) is 0 Å². The van der Waals surface area contributed by atoms with E-state index in [0.29, 0.717) is 12.4 Å². The molecule has 0 saturated heterocycles. The molecular formula is C8H14O2. The average Bonchev–Trinajstić information content (AvgIpc) is 1.98. The van der Waals surface area contributed by atoms with Gasteiger partial charge in [0.15, 0.2) is 0 Å². The van der Waals surface area contributed by atoms with Crippen molar-refractivity contribution in [3.8, 4) is 0 Å². The summed E-state index contributed by atoms with van der Waals surface area (Å²) in [7, 11) is 0. The monoisotopic (exact) mass is 142 g/mol. The van der Waals surface area contributed by atoms with E-state index in [1.54, 1.807) is 0 Å². The van der Waals surface area contributed by atoms with E-state index in [2.05, 4.69) is 0 Å². The van der Waals surface area contributed by atoms with E-state index in [1.807, 2.05) is 20.8 Å². The topological polar surface area (TPSA) is 26.3 Å². The van der Waals surface area contributed by atoms with Gasteiger partial charge in [-0.15, -0.1) is 0 Å². The molecule has 0 radical (unpaired) electrons. The first-order valence-corrected chi connectivity index (χ1v) is 3.83. The second-order valence-electron chi connectivity index (χ2n) is 2.90. The van der Waals surface area contributed by atoms with E-state index in [-0.39, 0.29) is 17.9 Å². The Hall–Kier alpha value is -0.370. The van der Waals surface area contributed by atoms with Crippen LogP contribution in [0.5, 0.6) is 0 Å². The highest BCUT2D eigenvalue weighted by molar-refractivity contribution is 5.90. The Kier molecular flexibility index (Phi) is 2.09. The number of rotatable bonds is 2. The summed E-state index contributed by atoms with van der Waals surface area (Å²) < 4.78 is 5.35. The van der Waals surface area contributed by atoms with Gasteiger partial charge in [-0.3, -0.25) is 4.79 Å². The van der Waals surface area contributed by atoms with Gasteiger partial charge in [-0.05, 0) is 6.92 Å². The van der Waals surface area contributed by atoms with Gasteiger partial charge in [0, 0.05) is 18.4 Å². The maximum atomic E-state index is 11.0. The smallest absolute Gasteiger partial charge is 0.143 e. The molecule has 58 valence electrons. The summed E-state index contributed by atoms with van der Waals surface area (Å²) in [5.41, 5.74) is 0. The van der Waals surface area contributed by atoms with Crippen molar-refractivity contribution in [1.82, 2.24) is 0 Å². The van der Waals surface area contributed by atoms with Gasteiger partial charge < -0.3 is 4.74 Å². The molecule has 1 aliphatic rings. The highest BCUT2D eigenvalue weighted by Crippen LogP contribution is 2.31. The molecule has 0 bridgehead atoms. The first kappa shape index (κ1) is 7.73. The van der Waals surface area contributed by atoms with Crippen molar-refractivity contribution in [3.05, 3.63) is 0 Å². The van der Waals surface area contributed by atoms with Crippen LogP contribution in [0, 0.1) is 11.8 Å². The zero-order valence-corrected chi connectivity index (χ0v) is 6.76. The molecule has 0 amide bonds. The second kappa shape index (κ2) is 2.70. The fraction of sp³-hybridized carbons (Fsp3) is 0.875. The first-order valence-electron chi connectivity index (χ1n) is 3.83. The number of carbonyl (C=O) groups excluding carboxylic acids is 1. The summed E-state index contributed by atoms with van der Waals surface area (Å²) in [4.78, 5) is 11.0. The van der Waals surface area contributed by atoms with Crippen LogP contribution in [0.25, 0.3) is 0 Å². The molecule has 0 aromatic heterocycles. The average molecular weight is 142 g/mol. The summed E-state index contributed by atoms with van der Waals surface area (Å²) in [5, 5.41) is 0. The van der Waals surface area contributed by atoms with Crippen LogP contribution < -0.4 is 0 Å². The number of ether oxygens (including phenoxy) is 1. The number of hydrogen-bond acceptors (Lipinski definition) is 2. The van der Waals surface area contributed by atoms with Gasteiger partial charge in [0.05, 0.1) is 6.10 Å². The summed E-state index contributed by atoms with van der Waals surface area (Å²) >= 11 is 0. The largest absolute Gasteiger partial charge is 0.377 e. The molecule has 2 unspecified atom stereocenters. The normalized spacial score (nSPS) is 39.5. The van der Waals surface area contributed by atoms with Gasteiger partial charge in [0.1, 0.15) is 5.78 Å². The molecule has 2 heteroatoms. The quantitative estimate of drug-likeness (QED) is 0.580. The van der Waals surface area contributed by atoms with Gasteiger partial charge in [-0.25, -0.2) is 0 Å². The van der Waals surface area contributed by atoms with Crippen molar-refractivity contribution < 1.29 is 9.53 Å². The van der Waals surface area contributed by atoms with Gasteiger partial charge in [0.25, 0.3) is 0 Å². The number of carbonyl (C=O) groups is 1. The van der Waals surface area contributed by atoms with E-state index >= 15 is 0 Å². The Morgan fingerprint density at radius 3 is 2.30 bits per heavy atom. The molecule has 10 heavy (non-hydrogen) atoms. The van der Waals surface area contributed by atoms with E-state index in [9.17, 15) is 4.79 Å². The lowest BCUT2D eigenvalue weighted by Gasteiger charge is -2.38. The number of ketones is 1. The lowest BCUT2D eigenvalue weighted by molar-refractivity contribution is -0.154. The molecule has 0 heterocycles. The minimum atomic E-state index is 0.134. The summed E-state index contributed by atoms with van der Waals surface area (Å²) in [5.74, 6) is 0.614. The molecule has 0 N–H and O–H groups in total. The zero-order chi connectivity index (χ0) is 7.72. The number of Topliss-reactive ketones (excluding diaryl/α,β-unsaturated/α-hetero) is 1. The molecule has 2 atom stereocenters. The van der Waals surface area contributed by atoms with Crippen molar-refractivity contribution in [2.24, 2.45) is 11.8 Å². The van der Waals surface area contributed by atoms with Crippen LogP contribution in [0.15, 0.2) is 0 Å². The lowest BCUT2D eigenvalue weighted by atomic mass is 9.72. The third kappa shape index (κ3) is 0.966. The van der Waals surface area contributed by atoms with Crippen molar-refractivity contribution in [2.75, 3.05) is 6.61 Å². The first-order chi connectivity index (χ1) is 4.68. The Labute approximate surface area is 61.6 Å². The van der Waals surface area contributed by atoms with Gasteiger partial charge >= 0.3 is 0 Å². The molecule has 1 aliphatic carbocycles. The standard InChI is InChI=1S/C8H14O2/c1-4-10-8-5(2)7(9)6(8)3/h5-6,8H,4H2,1-3H3. The van der Waals surface area contributed by atoms with Gasteiger partial charge in [-0.1, -0.05) is 13.8 Å². The highest BCUT2D eigenvalue weighted by atomic mass is 16.5. The summed E-state index contributed by atoms with van der Waals surface area (Å²) in [6, 6.07) is 0.